The summed E-state index contributed by atoms with van der Waals surface area (Å²) >= 11 is 0. The van der Waals surface area contributed by atoms with Crippen molar-refractivity contribution in [2.45, 2.75) is 31.8 Å². The molecular formula is C18H21ClN2O. The zero-order valence-electron chi connectivity index (χ0n) is 12.6. The Morgan fingerprint density at radius 1 is 1.18 bits per heavy atom. The maximum Gasteiger partial charge on any atom is 0.241 e. The van der Waals surface area contributed by atoms with Gasteiger partial charge in [-0.15, -0.1) is 12.4 Å². The third-order valence-corrected chi connectivity index (χ3v) is 4.17. The van der Waals surface area contributed by atoms with E-state index >= 15 is 0 Å². The number of carbonyl (C=O) groups excluding carboxylic acids is 1. The third kappa shape index (κ3) is 3.32. The molecule has 116 valence electrons. The SMILES string of the molecule is Cc1ccc(C(N)C(=O)NC2CCc3ccccc32)cc1.Cl. The molecule has 0 spiro atoms. The van der Waals surface area contributed by atoms with Crippen LogP contribution in [0.5, 0.6) is 0 Å². The Hall–Kier alpha value is -1.84. The highest BCUT2D eigenvalue weighted by Gasteiger charge is 2.25. The Labute approximate surface area is 137 Å². The molecule has 0 heterocycles. The van der Waals surface area contributed by atoms with E-state index in [1.54, 1.807) is 0 Å². The van der Waals surface area contributed by atoms with Gasteiger partial charge in [-0.25, -0.2) is 0 Å². The molecule has 4 heteroatoms. The van der Waals surface area contributed by atoms with Crippen molar-refractivity contribution in [2.24, 2.45) is 5.73 Å². The molecule has 3 N–H and O–H groups in total. The molecule has 0 fully saturated rings. The van der Waals surface area contributed by atoms with Crippen LogP contribution in [0, 0.1) is 6.92 Å². The molecule has 0 bridgehead atoms. The molecule has 2 aromatic rings. The van der Waals surface area contributed by atoms with Crippen molar-refractivity contribution in [3.63, 3.8) is 0 Å². The number of nitrogens with one attached hydrogen (secondary N) is 1. The number of hydrogen-bond donors (Lipinski definition) is 2. The first-order valence-electron chi connectivity index (χ1n) is 7.35. The van der Waals surface area contributed by atoms with Crippen LogP contribution in [0.3, 0.4) is 0 Å². The van der Waals surface area contributed by atoms with Crippen LogP contribution in [0.15, 0.2) is 48.5 Å². The molecule has 3 nitrogen and oxygen atoms in total. The highest BCUT2D eigenvalue weighted by molar-refractivity contribution is 5.85. The van der Waals surface area contributed by atoms with Gasteiger partial charge in [0.25, 0.3) is 0 Å². The fourth-order valence-corrected chi connectivity index (χ4v) is 2.89. The molecule has 0 radical (unpaired) electrons. The highest BCUT2D eigenvalue weighted by atomic mass is 35.5. The summed E-state index contributed by atoms with van der Waals surface area (Å²) in [7, 11) is 0. The number of amides is 1. The van der Waals surface area contributed by atoms with Crippen LogP contribution in [-0.2, 0) is 11.2 Å². The first-order valence-corrected chi connectivity index (χ1v) is 7.35. The number of carbonyl (C=O) groups is 1. The van der Waals surface area contributed by atoms with Gasteiger partial charge in [0.15, 0.2) is 0 Å². The summed E-state index contributed by atoms with van der Waals surface area (Å²) in [5.41, 5.74) is 10.6. The summed E-state index contributed by atoms with van der Waals surface area (Å²) < 4.78 is 0. The van der Waals surface area contributed by atoms with E-state index in [-0.39, 0.29) is 24.4 Å². The topological polar surface area (TPSA) is 55.1 Å². The molecule has 0 saturated carbocycles. The van der Waals surface area contributed by atoms with Crippen LogP contribution in [0.25, 0.3) is 0 Å². The molecule has 3 rings (SSSR count). The van der Waals surface area contributed by atoms with Crippen molar-refractivity contribution in [2.75, 3.05) is 0 Å². The van der Waals surface area contributed by atoms with Crippen LogP contribution < -0.4 is 11.1 Å². The summed E-state index contributed by atoms with van der Waals surface area (Å²) in [5, 5.41) is 3.08. The largest absolute Gasteiger partial charge is 0.348 e. The lowest BCUT2D eigenvalue weighted by Gasteiger charge is -2.18. The summed E-state index contributed by atoms with van der Waals surface area (Å²) in [4.78, 5) is 12.4. The second kappa shape index (κ2) is 6.95. The van der Waals surface area contributed by atoms with E-state index in [4.69, 9.17) is 5.73 Å². The molecule has 2 unspecified atom stereocenters. The molecular weight excluding hydrogens is 296 g/mol. The van der Waals surface area contributed by atoms with Crippen LogP contribution >= 0.6 is 12.4 Å². The number of rotatable bonds is 3. The van der Waals surface area contributed by atoms with Gasteiger partial charge in [0.05, 0.1) is 6.04 Å². The minimum Gasteiger partial charge on any atom is -0.348 e. The maximum atomic E-state index is 12.4. The smallest absolute Gasteiger partial charge is 0.241 e. The number of aryl methyl sites for hydroxylation is 2. The van der Waals surface area contributed by atoms with E-state index in [1.807, 2.05) is 43.3 Å². The zero-order valence-corrected chi connectivity index (χ0v) is 13.4. The van der Waals surface area contributed by atoms with Gasteiger partial charge in [0.2, 0.25) is 5.91 Å². The summed E-state index contributed by atoms with van der Waals surface area (Å²) in [6, 6.07) is 15.5. The molecule has 0 saturated heterocycles. The number of nitrogens with two attached hydrogens (primary N) is 1. The number of benzene rings is 2. The third-order valence-electron chi connectivity index (χ3n) is 4.17. The van der Waals surface area contributed by atoms with Gasteiger partial charge in [-0.2, -0.15) is 0 Å². The van der Waals surface area contributed by atoms with Crippen molar-refractivity contribution in [1.29, 1.82) is 0 Å². The zero-order chi connectivity index (χ0) is 14.8. The van der Waals surface area contributed by atoms with Crippen molar-refractivity contribution in [3.05, 3.63) is 70.8 Å². The lowest BCUT2D eigenvalue weighted by atomic mass is 10.0. The molecule has 1 aliphatic carbocycles. The van der Waals surface area contributed by atoms with Crippen molar-refractivity contribution in [1.82, 2.24) is 5.32 Å². The standard InChI is InChI=1S/C18H20N2O.ClH/c1-12-6-8-14(9-7-12)17(19)18(21)20-16-11-10-13-4-2-3-5-15(13)16;/h2-9,16-17H,10-11,19H2,1H3,(H,20,21);1H. The Balaban J connectivity index is 0.00000176. The second-order valence-corrected chi connectivity index (χ2v) is 5.69. The summed E-state index contributed by atoms with van der Waals surface area (Å²) in [6.45, 7) is 2.02. The average Bonchev–Trinajstić information content (AvgIpc) is 2.91. The Bertz CT molecular complexity index is 654. The van der Waals surface area contributed by atoms with E-state index < -0.39 is 6.04 Å². The van der Waals surface area contributed by atoms with Crippen LogP contribution in [0.4, 0.5) is 0 Å². The molecule has 1 amide bonds. The fraction of sp³-hybridized carbons (Fsp3) is 0.278. The quantitative estimate of drug-likeness (QED) is 0.913. The van der Waals surface area contributed by atoms with Gasteiger partial charge in [0, 0.05) is 0 Å². The Kier molecular flexibility index (Phi) is 5.22. The van der Waals surface area contributed by atoms with E-state index in [1.165, 1.54) is 11.1 Å². The van der Waals surface area contributed by atoms with Gasteiger partial charge in [-0.1, -0.05) is 54.1 Å². The lowest BCUT2D eigenvalue weighted by Crippen LogP contribution is -2.36. The summed E-state index contributed by atoms with van der Waals surface area (Å²) in [6.07, 6.45) is 1.96. The van der Waals surface area contributed by atoms with Gasteiger partial charge < -0.3 is 11.1 Å². The predicted octanol–water partition coefficient (Wildman–Crippen LogP) is 3.22. The van der Waals surface area contributed by atoms with Crippen LogP contribution in [0.2, 0.25) is 0 Å². The monoisotopic (exact) mass is 316 g/mol. The van der Waals surface area contributed by atoms with E-state index in [9.17, 15) is 4.79 Å². The second-order valence-electron chi connectivity index (χ2n) is 5.69. The van der Waals surface area contributed by atoms with E-state index in [0.717, 1.165) is 24.0 Å². The fourth-order valence-electron chi connectivity index (χ4n) is 2.89. The molecule has 0 aromatic heterocycles. The average molecular weight is 317 g/mol. The van der Waals surface area contributed by atoms with Crippen molar-refractivity contribution < 1.29 is 4.79 Å². The van der Waals surface area contributed by atoms with E-state index in [0.29, 0.717) is 0 Å². The van der Waals surface area contributed by atoms with Gasteiger partial charge in [-0.05, 0) is 36.5 Å². The predicted molar refractivity (Wildman–Crippen MR) is 91.0 cm³/mol. The lowest BCUT2D eigenvalue weighted by molar-refractivity contribution is -0.123. The normalized spacial score (nSPS) is 17.3. The Morgan fingerprint density at radius 3 is 2.59 bits per heavy atom. The minimum absolute atomic E-state index is 0. The molecule has 2 aromatic carbocycles. The van der Waals surface area contributed by atoms with Crippen molar-refractivity contribution >= 4 is 18.3 Å². The number of fused-ring (bicyclic) bond motifs is 1. The molecule has 0 aliphatic heterocycles. The summed E-state index contributed by atoms with van der Waals surface area (Å²) in [5.74, 6) is -0.111. The molecule has 2 atom stereocenters. The van der Waals surface area contributed by atoms with Gasteiger partial charge in [0.1, 0.15) is 6.04 Å². The minimum atomic E-state index is -0.613. The van der Waals surface area contributed by atoms with Crippen LogP contribution in [-0.4, -0.2) is 5.91 Å². The van der Waals surface area contributed by atoms with Gasteiger partial charge in [-0.3, -0.25) is 4.79 Å². The van der Waals surface area contributed by atoms with Crippen molar-refractivity contribution in [3.8, 4) is 0 Å². The first kappa shape index (κ1) is 16.5. The maximum absolute atomic E-state index is 12.4. The first-order chi connectivity index (χ1) is 10.1. The molecule has 1 aliphatic rings. The number of halogens is 1. The Morgan fingerprint density at radius 2 is 1.86 bits per heavy atom. The van der Waals surface area contributed by atoms with E-state index in [2.05, 4.69) is 17.4 Å². The van der Waals surface area contributed by atoms with Crippen LogP contribution in [0.1, 0.15) is 40.8 Å². The van der Waals surface area contributed by atoms with Gasteiger partial charge >= 0.3 is 0 Å². The number of hydrogen-bond acceptors (Lipinski definition) is 2. The molecule has 22 heavy (non-hydrogen) atoms. The highest BCUT2D eigenvalue weighted by Crippen LogP contribution is 2.31.